The van der Waals surface area contributed by atoms with Gasteiger partial charge in [0.05, 0.1) is 0 Å². The van der Waals surface area contributed by atoms with Crippen LogP contribution in [0.2, 0.25) is 0 Å². The largest absolute Gasteiger partial charge is 0.457 e. The second-order valence-electron chi connectivity index (χ2n) is 9.30. The topological polar surface area (TPSA) is 43.3 Å². The molecule has 180 valence electrons. The van der Waals surface area contributed by atoms with Crippen molar-refractivity contribution in [3.05, 3.63) is 126 Å². The first kappa shape index (κ1) is 23.4. The number of amides is 1. The van der Waals surface area contributed by atoms with Crippen molar-refractivity contribution in [2.24, 2.45) is 7.05 Å². The average Bonchev–Trinajstić information content (AvgIpc) is 3.22. The van der Waals surface area contributed by atoms with Crippen LogP contribution in [-0.2, 0) is 11.8 Å². The smallest absolute Gasteiger partial charge is 0.225 e. The Balaban J connectivity index is 1.50. The van der Waals surface area contributed by atoms with E-state index in [1.165, 1.54) is 5.56 Å². The summed E-state index contributed by atoms with van der Waals surface area (Å²) in [7, 11) is 2.05. The van der Waals surface area contributed by atoms with Crippen LogP contribution < -0.4 is 10.1 Å². The number of aryl methyl sites for hydroxylation is 3. The highest BCUT2D eigenvalue weighted by Gasteiger charge is 2.23. The standard InChI is InChI=1S/C32H30N2O2/c1-22-16-17-25(18-23(22)2)33-32(35)20-29(30-21-34(3)31-15-8-7-14-28(30)31)24-10-9-13-27(19-24)36-26-11-5-4-6-12-26/h4-19,21,29H,20H2,1-3H3,(H,33,35). The molecule has 4 nitrogen and oxygen atoms in total. The van der Waals surface area contributed by atoms with Crippen LogP contribution in [0.5, 0.6) is 11.5 Å². The van der Waals surface area contributed by atoms with Crippen LogP contribution in [0.25, 0.3) is 10.9 Å². The number of para-hydroxylation sites is 2. The molecule has 0 aliphatic rings. The number of nitrogens with one attached hydrogen (secondary N) is 1. The number of fused-ring (bicyclic) bond motifs is 1. The van der Waals surface area contributed by atoms with Crippen LogP contribution in [0, 0.1) is 13.8 Å². The summed E-state index contributed by atoms with van der Waals surface area (Å²) < 4.78 is 8.25. The molecule has 4 heteroatoms. The second-order valence-corrected chi connectivity index (χ2v) is 9.30. The fourth-order valence-electron chi connectivity index (χ4n) is 4.69. The molecule has 0 aliphatic carbocycles. The summed E-state index contributed by atoms with van der Waals surface area (Å²) in [6, 6.07) is 32.2. The Bertz CT molecular complexity index is 1520. The lowest BCUT2D eigenvalue weighted by molar-refractivity contribution is -0.116. The Morgan fingerprint density at radius 3 is 2.39 bits per heavy atom. The molecular formula is C32H30N2O2. The van der Waals surface area contributed by atoms with Gasteiger partial charge in [0.25, 0.3) is 0 Å². The number of benzene rings is 4. The van der Waals surface area contributed by atoms with E-state index < -0.39 is 0 Å². The molecule has 0 spiro atoms. The van der Waals surface area contributed by atoms with E-state index in [1.54, 1.807) is 0 Å². The lowest BCUT2D eigenvalue weighted by Crippen LogP contribution is -2.16. The minimum Gasteiger partial charge on any atom is -0.457 e. The molecule has 36 heavy (non-hydrogen) atoms. The van der Waals surface area contributed by atoms with Gasteiger partial charge in [-0.25, -0.2) is 0 Å². The third-order valence-electron chi connectivity index (χ3n) is 6.72. The van der Waals surface area contributed by atoms with Crippen LogP contribution in [0.3, 0.4) is 0 Å². The highest BCUT2D eigenvalue weighted by atomic mass is 16.5. The Labute approximate surface area is 212 Å². The van der Waals surface area contributed by atoms with Gasteiger partial charge in [-0.3, -0.25) is 4.79 Å². The van der Waals surface area contributed by atoms with Gasteiger partial charge in [0.15, 0.2) is 0 Å². The Morgan fingerprint density at radius 1 is 0.833 bits per heavy atom. The van der Waals surface area contributed by atoms with Crippen molar-refractivity contribution in [2.45, 2.75) is 26.2 Å². The highest BCUT2D eigenvalue weighted by molar-refractivity contribution is 5.93. The lowest BCUT2D eigenvalue weighted by Gasteiger charge is -2.19. The maximum Gasteiger partial charge on any atom is 0.225 e. The first-order valence-corrected chi connectivity index (χ1v) is 12.2. The molecule has 5 aromatic rings. The van der Waals surface area contributed by atoms with Crippen molar-refractivity contribution in [3.63, 3.8) is 0 Å². The van der Waals surface area contributed by atoms with E-state index in [9.17, 15) is 4.79 Å². The Kier molecular flexibility index (Phi) is 6.59. The van der Waals surface area contributed by atoms with Crippen LogP contribution in [0.15, 0.2) is 103 Å². The monoisotopic (exact) mass is 474 g/mol. The quantitative estimate of drug-likeness (QED) is 0.262. The average molecular weight is 475 g/mol. The highest BCUT2D eigenvalue weighted by Crippen LogP contribution is 2.36. The summed E-state index contributed by atoms with van der Waals surface area (Å²) >= 11 is 0. The van der Waals surface area contributed by atoms with Gasteiger partial charge in [-0.2, -0.15) is 0 Å². The molecule has 1 unspecified atom stereocenters. The van der Waals surface area contributed by atoms with Gasteiger partial charge in [0, 0.05) is 42.2 Å². The SMILES string of the molecule is Cc1ccc(NC(=O)CC(c2cccc(Oc3ccccc3)c2)c2cn(C)c3ccccc23)cc1C. The predicted molar refractivity (Wildman–Crippen MR) is 147 cm³/mol. The van der Waals surface area contributed by atoms with Gasteiger partial charge < -0.3 is 14.6 Å². The van der Waals surface area contributed by atoms with E-state index in [2.05, 4.69) is 48.1 Å². The summed E-state index contributed by atoms with van der Waals surface area (Å²) in [5.74, 6) is 1.37. The predicted octanol–water partition coefficient (Wildman–Crippen LogP) is 7.75. The van der Waals surface area contributed by atoms with Gasteiger partial charge in [0.2, 0.25) is 5.91 Å². The molecule has 0 aliphatic heterocycles. The van der Waals surface area contributed by atoms with Gasteiger partial charge in [-0.15, -0.1) is 0 Å². The van der Waals surface area contributed by atoms with Crippen molar-refractivity contribution in [1.29, 1.82) is 0 Å². The van der Waals surface area contributed by atoms with Crippen LogP contribution in [-0.4, -0.2) is 10.5 Å². The van der Waals surface area contributed by atoms with Crippen LogP contribution in [0.1, 0.15) is 34.6 Å². The molecule has 1 amide bonds. The summed E-state index contributed by atoms with van der Waals surface area (Å²) in [5, 5.41) is 4.26. The molecular weight excluding hydrogens is 444 g/mol. The Hall–Kier alpha value is -4.31. The first-order chi connectivity index (χ1) is 17.5. The first-order valence-electron chi connectivity index (χ1n) is 12.2. The van der Waals surface area contributed by atoms with E-state index >= 15 is 0 Å². The Morgan fingerprint density at radius 2 is 1.58 bits per heavy atom. The van der Waals surface area contributed by atoms with Crippen LogP contribution in [0.4, 0.5) is 5.69 Å². The minimum absolute atomic E-state index is 0.0226. The number of rotatable bonds is 7. The van der Waals surface area contributed by atoms with E-state index in [0.717, 1.165) is 44.8 Å². The zero-order chi connectivity index (χ0) is 25.1. The number of carbonyl (C=O) groups excluding carboxylic acids is 1. The molecule has 0 bridgehead atoms. The van der Waals surface area contributed by atoms with Crippen molar-refractivity contribution < 1.29 is 9.53 Å². The molecule has 0 fully saturated rings. The van der Waals surface area contributed by atoms with E-state index in [0.29, 0.717) is 6.42 Å². The second kappa shape index (κ2) is 10.1. The zero-order valence-corrected chi connectivity index (χ0v) is 20.9. The number of hydrogen-bond acceptors (Lipinski definition) is 2. The van der Waals surface area contributed by atoms with E-state index in [4.69, 9.17) is 4.74 Å². The van der Waals surface area contributed by atoms with E-state index in [1.807, 2.05) is 85.9 Å². The van der Waals surface area contributed by atoms with Crippen LogP contribution >= 0.6 is 0 Å². The molecule has 1 N–H and O–H groups in total. The molecule has 5 rings (SSSR count). The summed E-state index contributed by atoms with van der Waals surface area (Å²) in [5.41, 5.74) is 6.49. The normalized spacial score (nSPS) is 11.9. The number of aromatic nitrogens is 1. The molecule has 0 saturated carbocycles. The van der Waals surface area contributed by atoms with Crippen molar-refractivity contribution >= 4 is 22.5 Å². The zero-order valence-electron chi connectivity index (χ0n) is 20.9. The lowest BCUT2D eigenvalue weighted by atomic mass is 9.87. The maximum absolute atomic E-state index is 13.3. The third kappa shape index (κ3) is 5.03. The van der Waals surface area contributed by atoms with Crippen molar-refractivity contribution in [3.8, 4) is 11.5 Å². The minimum atomic E-state index is -0.137. The summed E-state index contributed by atoms with van der Waals surface area (Å²) in [6.07, 6.45) is 2.46. The van der Waals surface area contributed by atoms with Crippen molar-refractivity contribution in [1.82, 2.24) is 4.57 Å². The molecule has 1 atom stereocenters. The number of hydrogen-bond donors (Lipinski definition) is 1. The van der Waals surface area contributed by atoms with Gasteiger partial charge in [0.1, 0.15) is 11.5 Å². The number of nitrogens with zero attached hydrogens (tertiary/aromatic N) is 1. The fraction of sp³-hybridized carbons (Fsp3) is 0.156. The van der Waals surface area contributed by atoms with Gasteiger partial charge in [-0.1, -0.05) is 54.6 Å². The number of ether oxygens (including phenoxy) is 1. The third-order valence-corrected chi connectivity index (χ3v) is 6.72. The van der Waals surface area contributed by atoms with Gasteiger partial charge >= 0.3 is 0 Å². The van der Waals surface area contributed by atoms with Gasteiger partial charge in [-0.05, 0) is 78.6 Å². The van der Waals surface area contributed by atoms with Crippen molar-refractivity contribution in [2.75, 3.05) is 5.32 Å². The summed E-state index contributed by atoms with van der Waals surface area (Å²) in [6.45, 7) is 4.13. The van der Waals surface area contributed by atoms with E-state index in [-0.39, 0.29) is 11.8 Å². The fourth-order valence-corrected chi connectivity index (χ4v) is 4.69. The molecule has 1 heterocycles. The molecule has 0 radical (unpaired) electrons. The number of carbonyl (C=O) groups is 1. The molecule has 0 saturated heterocycles. The molecule has 1 aromatic heterocycles. The maximum atomic E-state index is 13.3. The summed E-state index contributed by atoms with van der Waals surface area (Å²) in [4.78, 5) is 13.3. The number of anilines is 1. The molecule has 4 aromatic carbocycles.